The number of benzene rings is 2. The van der Waals surface area contributed by atoms with E-state index >= 15 is 0 Å². The molecule has 6 nitrogen and oxygen atoms in total. The van der Waals surface area contributed by atoms with Crippen molar-refractivity contribution in [2.75, 3.05) is 0 Å². The van der Waals surface area contributed by atoms with Crippen LogP contribution in [-0.2, 0) is 18.7 Å². The second-order valence-corrected chi connectivity index (χ2v) is 11.8. The van der Waals surface area contributed by atoms with Gasteiger partial charge in [-0.1, -0.05) is 113 Å². The quantitative estimate of drug-likeness (QED) is 0.0778. The van der Waals surface area contributed by atoms with E-state index in [-0.39, 0.29) is 17.3 Å². The van der Waals surface area contributed by atoms with Gasteiger partial charge in [-0.15, -0.1) is 0 Å². The summed E-state index contributed by atoms with van der Waals surface area (Å²) in [4.78, 5) is 36.4. The molecule has 0 aliphatic heterocycles. The fraction of sp³-hybridized carbons (Fsp3) is 0.412. The molecule has 1 N–H and O–H groups in total. The minimum Gasteiger partial charge on any atom is -0.327 e. The molecule has 0 aliphatic carbocycles. The number of aryl methyl sites for hydroxylation is 1. The average molecular weight is 589 g/mol. The lowest BCUT2D eigenvalue weighted by molar-refractivity contribution is 0.510. The molecule has 4 aromatic rings. The fourth-order valence-electron chi connectivity index (χ4n) is 5.13. The number of rotatable bonds is 17. The van der Waals surface area contributed by atoms with Crippen molar-refractivity contribution >= 4 is 11.8 Å². The van der Waals surface area contributed by atoms with Gasteiger partial charge in [0, 0.05) is 42.4 Å². The van der Waals surface area contributed by atoms with Gasteiger partial charge in [0.2, 0.25) is 0 Å². The van der Waals surface area contributed by atoms with Crippen LogP contribution in [0.15, 0.2) is 87.9 Å². The molecule has 0 saturated carbocycles. The van der Waals surface area contributed by atoms with Gasteiger partial charge in [-0.25, -0.2) is 14.2 Å². The lowest BCUT2D eigenvalue weighted by atomic mass is 9.88. The molecule has 2 aromatic heterocycles. The first-order chi connectivity index (χ1) is 20.5. The topological polar surface area (TPSA) is 80.6 Å². The monoisotopic (exact) mass is 588 g/mol. The number of hydrogen-bond donors (Lipinski definition) is 1. The number of aromatic nitrogens is 4. The molecule has 42 heavy (non-hydrogen) atoms. The van der Waals surface area contributed by atoms with E-state index in [1.165, 1.54) is 68.8 Å². The van der Waals surface area contributed by atoms with Crippen molar-refractivity contribution in [3.05, 3.63) is 122 Å². The summed E-state index contributed by atoms with van der Waals surface area (Å²) in [6.45, 7) is 2.99. The molecule has 0 radical (unpaired) electrons. The molecular formula is C34H41FN4O2S. The maximum absolute atomic E-state index is 13.6. The molecular weight excluding hydrogens is 547 g/mol. The van der Waals surface area contributed by atoms with Gasteiger partial charge >= 0.3 is 5.69 Å². The van der Waals surface area contributed by atoms with Gasteiger partial charge in [0.25, 0.3) is 5.56 Å². The van der Waals surface area contributed by atoms with Gasteiger partial charge in [0.15, 0.2) is 5.16 Å². The number of aromatic amines is 1. The highest BCUT2D eigenvalue weighted by Crippen LogP contribution is 2.28. The Balaban J connectivity index is 1.56. The van der Waals surface area contributed by atoms with Gasteiger partial charge in [0.1, 0.15) is 5.82 Å². The Kier molecular flexibility index (Phi) is 12.6. The van der Waals surface area contributed by atoms with Crippen LogP contribution in [-0.4, -0.2) is 19.5 Å². The second-order valence-electron chi connectivity index (χ2n) is 10.8. The van der Waals surface area contributed by atoms with E-state index < -0.39 is 5.69 Å². The van der Waals surface area contributed by atoms with Crippen molar-refractivity contribution in [2.24, 2.45) is 0 Å². The van der Waals surface area contributed by atoms with Crippen LogP contribution in [0.25, 0.3) is 0 Å². The summed E-state index contributed by atoms with van der Waals surface area (Å²) in [5.74, 6) is -0.00170. The number of thioether (sulfide) groups is 1. The van der Waals surface area contributed by atoms with Gasteiger partial charge in [-0.2, -0.15) is 4.98 Å². The van der Waals surface area contributed by atoms with Crippen LogP contribution in [0.5, 0.6) is 0 Å². The van der Waals surface area contributed by atoms with Crippen LogP contribution in [0.3, 0.4) is 0 Å². The highest BCUT2D eigenvalue weighted by Gasteiger charge is 2.22. The van der Waals surface area contributed by atoms with Gasteiger partial charge in [0.05, 0.1) is 0 Å². The Hall–Kier alpha value is -3.52. The van der Waals surface area contributed by atoms with Crippen LogP contribution < -0.4 is 11.2 Å². The van der Waals surface area contributed by atoms with Crippen LogP contribution in [0.4, 0.5) is 4.39 Å². The smallest absolute Gasteiger partial charge is 0.327 e. The van der Waals surface area contributed by atoms with Crippen molar-refractivity contribution in [3.8, 4) is 0 Å². The van der Waals surface area contributed by atoms with E-state index in [1.807, 2.05) is 36.5 Å². The number of nitrogens with zero attached hydrogens (tertiary/aromatic N) is 3. The number of nitrogens with one attached hydrogen (secondary N) is 1. The van der Waals surface area contributed by atoms with Crippen molar-refractivity contribution in [3.63, 3.8) is 0 Å². The van der Waals surface area contributed by atoms with Crippen LogP contribution in [0.1, 0.15) is 92.9 Å². The Morgan fingerprint density at radius 2 is 1.57 bits per heavy atom. The molecule has 1 atom stereocenters. The average Bonchev–Trinajstić information content (AvgIpc) is 3.00. The van der Waals surface area contributed by atoms with Crippen LogP contribution in [0.2, 0.25) is 0 Å². The molecule has 0 bridgehead atoms. The summed E-state index contributed by atoms with van der Waals surface area (Å²) in [7, 11) is 0. The lowest BCUT2D eigenvalue weighted by Crippen LogP contribution is -2.24. The molecule has 0 saturated heterocycles. The van der Waals surface area contributed by atoms with Crippen molar-refractivity contribution in [1.29, 1.82) is 0 Å². The van der Waals surface area contributed by atoms with Crippen molar-refractivity contribution in [1.82, 2.24) is 19.5 Å². The Morgan fingerprint density at radius 1 is 0.881 bits per heavy atom. The normalized spacial score (nSPS) is 12.0. The molecule has 0 aliphatic rings. The molecule has 8 heteroatoms. The summed E-state index contributed by atoms with van der Waals surface area (Å²) in [6, 6.07) is 16.4. The SMILES string of the molecule is CCCCCCCCCCCn1cc(C(Cc2ccccc2)c2cnc(=O)[nH]c2)c(=O)nc1SCc1ccc(F)cc1. The molecule has 1 unspecified atom stereocenters. The summed E-state index contributed by atoms with van der Waals surface area (Å²) < 4.78 is 15.5. The number of H-pyrrole nitrogens is 1. The molecule has 222 valence electrons. The van der Waals surface area contributed by atoms with Crippen molar-refractivity contribution < 1.29 is 4.39 Å². The van der Waals surface area contributed by atoms with E-state index in [4.69, 9.17) is 0 Å². The minimum atomic E-state index is -0.425. The summed E-state index contributed by atoms with van der Waals surface area (Å²) in [6.07, 6.45) is 16.8. The number of unbranched alkanes of at least 4 members (excludes halogenated alkanes) is 8. The fourth-order valence-corrected chi connectivity index (χ4v) is 6.08. The largest absolute Gasteiger partial charge is 0.344 e. The first kappa shape index (κ1) is 31.4. The molecule has 0 spiro atoms. The third-order valence-electron chi connectivity index (χ3n) is 7.52. The third kappa shape index (κ3) is 9.79. The zero-order valence-corrected chi connectivity index (χ0v) is 25.3. The third-order valence-corrected chi connectivity index (χ3v) is 8.58. The lowest BCUT2D eigenvalue weighted by Gasteiger charge is -2.20. The Labute approximate surface area is 251 Å². The van der Waals surface area contributed by atoms with E-state index in [1.54, 1.807) is 24.5 Å². The minimum absolute atomic E-state index is 0.269. The second kappa shape index (κ2) is 16.8. The first-order valence-corrected chi connectivity index (χ1v) is 16.1. The Bertz CT molecular complexity index is 1470. The van der Waals surface area contributed by atoms with Gasteiger partial charge < -0.3 is 9.55 Å². The van der Waals surface area contributed by atoms with Crippen LogP contribution in [0, 0.1) is 5.82 Å². The highest BCUT2D eigenvalue weighted by atomic mass is 32.2. The molecule has 0 fully saturated rings. The molecule has 2 aromatic carbocycles. The summed E-state index contributed by atoms with van der Waals surface area (Å²) in [5, 5.41) is 0.658. The number of halogens is 1. The van der Waals surface area contributed by atoms with Crippen LogP contribution >= 0.6 is 11.8 Å². The van der Waals surface area contributed by atoms with Gasteiger partial charge in [-0.3, -0.25) is 4.79 Å². The van der Waals surface area contributed by atoms with Crippen molar-refractivity contribution in [2.45, 2.75) is 94.5 Å². The van der Waals surface area contributed by atoms with E-state index in [0.717, 1.165) is 36.1 Å². The zero-order chi connectivity index (χ0) is 29.6. The zero-order valence-electron chi connectivity index (χ0n) is 24.4. The summed E-state index contributed by atoms with van der Waals surface area (Å²) >= 11 is 1.49. The molecule has 4 rings (SSSR count). The predicted molar refractivity (Wildman–Crippen MR) is 169 cm³/mol. The summed E-state index contributed by atoms with van der Waals surface area (Å²) in [5.41, 5.74) is 2.68. The maximum atomic E-state index is 13.6. The molecule has 2 heterocycles. The number of hydrogen-bond acceptors (Lipinski definition) is 5. The highest BCUT2D eigenvalue weighted by molar-refractivity contribution is 7.98. The predicted octanol–water partition coefficient (Wildman–Crippen LogP) is 7.66. The van der Waals surface area contributed by atoms with E-state index in [0.29, 0.717) is 22.9 Å². The standard InChI is InChI=1S/C34H41FN4O2S/c1-2-3-4-5-6-7-8-9-13-20-39-24-31(32(40)38-34(39)42-25-27-16-18-29(35)19-17-27)30(21-26-14-11-10-12-15-26)28-22-36-33(41)37-23-28/h10-12,14-19,22-24,30H,2-9,13,20-21,25H2,1H3,(H,36,37,41). The van der Waals surface area contributed by atoms with E-state index in [2.05, 4.69) is 26.4 Å². The maximum Gasteiger partial charge on any atom is 0.344 e. The van der Waals surface area contributed by atoms with Gasteiger partial charge in [-0.05, 0) is 41.7 Å². The molecule has 0 amide bonds. The Morgan fingerprint density at radius 3 is 2.24 bits per heavy atom. The van der Waals surface area contributed by atoms with E-state index in [9.17, 15) is 14.0 Å². The first-order valence-electron chi connectivity index (χ1n) is 15.1.